The molecule has 2 rings (SSSR count). The summed E-state index contributed by atoms with van der Waals surface area (Å²) in [5.41, 5.74) is 0.0762. The number of likely N-dealkylation sites (tertiary alicyclic amines) is 1. The molecule has 1 aliphatic heterocycles. The minimum atomic E-state index is -0.679. The number of phenols is 1. The molecule has 1 aromatic rings. The Bertz CT molecular complexity index is 500. The molecule has 1 N–H and O–H groups in total. The highest BCUT2D eigenvalue weighted by atomic mass is 16.5. The number of hydrogen-bond acceptors (Lipinski definition) is 4. The zero-order valence-corrected chi connectivity index (χ0v) is 11.5. The smallest absolute Gasteiger partial charge is 0.342 e. The molecule has 5 nitrogen and oxygen atoms in total. The van der Waals surface area contributed by atoms with Crippen LogP contribution in [0.1, 0.15) is 30.1 Å². The lowest BCUT2D eigenvalue weighted by molar-refractivity contribution is -0.136. The van der Waals surface area contributed by atoms with Crippen LogP contribution in [-0.2, 0) is 9.53 Å². The number of phenolic OH excluding ortho intramolecular Hbond substituents is 1. The highest BCUT2D eigenvalue weighted by molar-refractivity contribution is 5.93. The van der Waals surface area contributed by atoms with Crippen LogP contribution < -0.4 is 0 Å². The summed E-state index contributed by atoms with van der Waals surface area (Å²) >= 11 is 0. The predicted octanol–water partition coefficient (Wildman–Crippen LogP) is 1.81. The number of ether oxygens (including phenoxy) is 1. The zero-order chi connectivity index (χ0) is 14.5. The number of carbonyl (C=O) groups excluding carboxylic acids is 2. The number of benzene rings is 1. The first-order chi connectivity index (χ1) is 9.58. The number of aromatic hydroxyl groups is 1. The molecule has 1 aromatic carbocycles. The van der Waals surface area contributed by atoms with Crippen LogP contribution in [0.15, 0.2) is 24.3 Å². The van der Waals surface area contributed by atoms with Crippen LogP contribution in [0, 0.1) is 5.92 Å². The van der Waals surface area contributed by atoms with E-state index in [1.54, 1.807) is 17.0 Å². The summed E-state index contributed by atoms with van der Waals surface area (Å²) in [5.74, 6) is -0.514. The minimum absolute atomic E-state index is 0.0762. The number of rotatable bonds is 3. The van der Waals surface area contributed by atoms with Gasteiger partial charge in [0.25, 0.3) is 5.91 Å². The fraction of sp³-hybridized carbons (Fsp3) is 0.467. The summed E-state index contributed by atoms with van der Waals surface area (Å²) in [6.45, 7) is 3.26. The van der Waals surface area contributed by atoms with E-state index in [0.29, 0.717) is 12.5 Å². The second-order valence-electron chi connectivity index (χ2n) is 5.18. The van der Waals surface area contributed by atoms with Crippen molar-refractivity contribution in [3.8, 4) is 5.75 Å². The van der Waals surface area contributed by atoms with Gasteiger partial charge in [0.05, 0.1) is 0 Å². The molecule has 0 aromatic heterocycles. The average Bonchev–Trinajstić information content (AvgIpc) is 2.45. The molecule has 1 aliphatic rings. The minimum Gasteiger partial charge on any atom is -0.507 e. The molecular weight excluding hydrogens is 258 g/mol. The lowest BCUT2D eigenvalue weighted by atomic mass is 10.0. The van der Waals surface area contributed by atoms with Gasteiger partial charge in [-0.1, -0.05) is 19.1 Å². The molecule has 1 amide bonds. The van der Waals surface area contributed by atoms with Gasteiger partial charge >= 0.3 is 5.97 Å². The third-order valence-corrected chi connectivity index (χ3v) is 3.46. The third kappa shape index (κ3) is 3.50. The molecule has 1 saturated heterocycles. The van der Waals surface area contributed by atoms with Gasteiger partial charge in [-0.15, -0.1) is 0 Å². The predicted molar refractivity (Wildman–Crippen MR) is 73.4 cm³/mol. The standard InChI is InChI=1S/C15H19NO4/c1-11-5-4-8-16(9-11)14(18)10-20-15(19)12-6-2-3-7-13(12)17/h2-3,6-7,11,17H,4-5,8-10H2,1H3/t11-/m1/s1. The van der Waals surface area contributed by atoms with Gasteiger partial charge in [0, 0.05) is 13.1 Å². The van der Waals surface area contributed by atoms with Gasteiger partial charge in [-0.3, -0.25) is 4.79 Å². The van der Waals surface area contributed by atoms with E-state index >= 15 is 0 Å². The molecule has 0 aliphatic carbocycles. The quantitative estimate of drug-likeness (QED) is 0.856. The monoisotopic (exact) mass is 277 g/mol. The molecule has 1 heterocycles. The number of para-hydroxylation sites is 1. The van der Waals surface area contributed by atoms with Crippen molar-refractivity contribution >= 4 is 11.9 Å². The highest BCUT2D eigenvalue weighted by Crippen LogP contribution is 2.17. The summed E-state index contributed by atoms with van der Waals surface area (Å²) in [4.78, 5) is 25.4. The molecule has 1 fully saturated rings. The second-order valence-corrected chi connectivity index (χ2v) is 5.18. The van der Waals surface area contributed by atoms with Crippen molar-refractivity contribution in [2.75, 3.05) is 19.7 Å². The molecule has 0 radical (unpaired) electrons. The fourth-order valence-electron chi connectivity index (χ4n) is 2.36. The average molecular weight is 277 g/mol. The van der Waals surface area contributed by atoms with Gasteiger partial charge in [0.15, 0.2) is 6.61 Å². The Morgan fingerprint density at radius 3 is 2.85 bits per heavy atom. The van der Waals surface area contributed by atoms with Crippen LogP contribution in [0.3, 0.4) is 0 Å². The van der Waals surface area contributed by atoms with Crippen LogP contribution in [0.2, 0.25) is 0 Å². The number of carbonyl (C=O) groups is 2. The normalized spacial score (nSPS) is 18.6. The molecule has 0 unspecified atom stereocenters. The summed E-state index contributed by atoms with van der Waals surface area (Å²) in [6, 6.07) is 6.12. The Morgan fingerprint density at radius 1 is 1.40 bits per heavy atom. The van der Waals surface area contributed by atoms with Crippen molar-refractivity contribution in [2.45, 2.75) is 19.8 Å². The van der Waals surface area contributed by atoms with Gasteiger partial charge in [-0.2, -0.15) is 0 Å². The maximum atomic E-state index is 12.0. The largest absolute Gasteiger partial charge is 0.507 e. The molecule has 0 saturated carbocycles. The number of amides is 1. The van der Waals surface area contributed by atoms with Crippen LogP contribution in [0.25, 0.3) is 0 Å². The fourth-order valence-corrected chi connectivity index (χ4v) is 2.36. The number of hydrogen-bond donors (Lipinski definition) is 1. The van der Waals surface area contributed by atoms with E-state index in [1.165, 1.54) is 12.1 Å². The Kier molecular flexibility index (Phi) is 4.61. The second kappa shape index (κ2) is 6.41. The molecule has 20 heavy (non-hydrogen) atoms. The first-order valence-electron chi connectivity index (χ1n) is 6.81. The van der Waals surface area contributed by atoms with Crippen molar-refractivity contribution in [3.63, 3.8) is 0 Å². The first-order valence-corrected chi connectivity index (χ1v) is 6.81. The van der Waals surface area contributed by atoms with Crippen LogP contribution in [-0.4, -0.2) is 41.6 Å². The summed E-state index contributed by atoms with van der Waals surface area (Å²) in [5, 5.41) is 9.53. The third-order valence-electron chi connectivity index (χ3n) is 3.46. The van der Waals surface area contributed by atoms with Gasteiger partial charge < -0.3 is 14.7 Å². The van der Waals surface area contributed by atoms with E-state index in [0.717, 1.165) is 19.4 Å². The van der Waals surface area contributed by atoms with Crippen molar-refractivity contribution in [3.05, 3.63) is 29.8 Å². The highest BCUT2D eigenvalue weighted by Gasteiger charge is 2.22. The molecule has 5 heteroatoms. The summed E-state index contributed by atoms with van der Waals surface area (Å²) in [7, 11) is 0. The molecule has 0 bridgehead atoms. The molecule has 108 valence electrons. The van der Waals surface area contributed by atoms with E-state index in [9.17, 15) is 14.7 Å². The van der Waals surface area contributed by atoms with E-state index in [2.05, 4.69) is 6.92 Å². The molecule has 1 atom stereocenters. The number of esters is 1. The zero-order valence-electron chi connectivity index (χ0n) is 11.5. The van der Waals surface area contributed by atoms with Gasteiger partial charge in [-0.25, -0.2) is 4.79 Å². The maximum Gasteiger partial charge on any atom is 0.342 e. The lowest BCUT2D eigenvalue weighted by Gasteiger charge is -2.30. The van der Waals surface area contributed by atoms with E-state index in [-0.39, 0.29) is 23.8 Å². The molecular formula is C15H19NO4. The first kappa shape index (κ1) is 14.4. The Morgan fingerprint density at radius 2 is 2.15 bits per heavy atom. The van der Waals surface area contributed by atoms with Gasteiger partial charge in [0.1, 0.15) is 11.3 Å². The number of piperidine rings is 1. The molecule has 0 spiro atoms. The Balaban J connectivity index is 1.87. The topological polar surface area (TPSA) is 66.8 Å². The van der Waals surface area contributed by atoms with Crippen molar-refractivity contribution in [1.29, 1.82) is 0 Å². The van der Waals surface area contributed by atoms with E-state index in [4.69, 9.17) is 4.74 Å². The number of nitrogens with zero attached hydrogens (tertiary/aromatic N) is 1. The van der Waals surface area contributed by atoms with E-state index in [1.807, 2.05) is 0 Å². The SMILES string of the molecule is C[C@@H]1CCCN(C(=O)COC(=O)c2ccccc2O)C1. The van der Waals surface area contributed by atoms with Gasteiger partial charge in [0.2, 0.25) is 0 Å². The lowest BCUT2D eigenvalue weighted by Crippen LogP contribution is -2.41. The maximum absolute atomic E-state index is 12.0. The van der Waals surface area contributed by atoms with Crippen LogP contribution in [0.4, 0.5) is 0 Å². The van der Waals surface area contributed by atoms with Crippen molar-refractivity contribution in [2.24, 2.45) is 5.92 Å². The van der Waals surface area contributed by atoms with Crippen LogP contribution in [0.5, 0.6) is 5.75 Å². The Labute approximate surface area is 118 Å². The summed E-state index contributed by atoms with van der Waals surface area (Å²) < 4.78 is 4.97. The van der Waals surface area contributed by atoms with Crippen molar-refractivity contribution in [1.82, 2.24) is 4.90 Å². The van der Waals surface area contributed by atoms with Crippen LogP contribution >= 0.6 is 0 Å². The summed E-state index contributed by atoms with van der Waals surface area (Å²) in [6.07, 6.45) is 2.11. The van der Waals surface area contributed by atoms with E-state index < -0.39 is 5.97 Å². The van der Waals surface area contributed by atoms with Gasteiger partial charge in [-0.05, 0) is 30.9 Å². The van der Waals surface area contributed by atoms with Crippen molar-refractivity contribution < 1.29 is 19.4 Å². The Hall–Kier alpha value is -2.04.